The van der Waals surface area contributed by atoms with E-state index in [1.807, 2.05) is 42.5 Å². The van der Waals surface area contributed by atoms with E-state index in [4.69, 9.17) is 4.42 Å². The van der Waals surface area contributed by atoms with Crippen LogP contribution in [0.25, 0.3) is 42.1 Å². The molecule has 2 heterocycles. The number of fused-ring (bicyclic) bond motifs is 7. The monoisotopic (exact) mass is 318 g/mol. The van der Waals surface area contributed by atoms with Crippen molar-refractivity contribution in [1.82, 2.24) is 0 Å². The van der Waals surface area contributed by atoms with Crippen molar-refractivity contribution in [2.75, 3.05) is 0 Å². The van der Waals surface area contributed by atoms with Gasteiger partial charge in [0.25, 0.3) is 0 Å². The van der Waals surface area contributed by atoms with Gasteiger partial charge in [-0.05, 0) is 23.7 Å². The Morgan fingerprint density at radius 1 is 0.783 bits per heavy atom. The van der Waals surface area contributed by atoms with Crippen molar-refractivity contribution in [3.63, 3.8) is 0 Å². The Morgan fingerprint density at radius 2 is 1.61 bits per heavy atom. The number of hydrogen-bond acceptors (Lipinski definition) is 4. The summed E-state index contributed by atoms with van der Waals surface area (Å²) in [7, 11) is -1.47. The number of benzene rings is 3. The molecule has 0 saturated carbocycles. The van der Waals surface area contributed by atoms with Crippen LogP contribution in [0.2, 0.25) is 0 Å². The first-order valence-corrected chi connectivity index (χ1v) is 8.17. The SMILES string of the molecule is OB(O)c1cccc2c1sc1ccc3oc4ccccc4c3c12. The molecule has 2 aromatic heterocycles. The predicted octanol–water partition coefficient (Wildman–Crippen LogP) is 3.63. The zero-order chi connectivity index (χ0) is 15.6. The van der Waals surface area contributed by atoms with Crippen molar-refractivity contribution >= 4 is 66.0 Å². The lowest BCUT2D eigenvalue weighted by Gasteiger charge is -2.00. The maximum atomic E-state index is 9.64. The molecule has 0 amide bonds. The summed E-state index contributed by atoms with van der Waals surface area (Å²) in [5.74, 6) is 0. The highest BCUT2D eigenvalue weighted by Gasteiger charge is 2.20. The van der Waals surface area contributed by atoms with Crippen LogP contribution in [0.15, 0.2) is 59.0 Å². The van der Waals surface area contributed by atoms with E-state index in [1.54, 1.807) is 17.4 Å². The predicted molar refractivity (Wildman–Crippen MR) is 96.4 cm³/mol. The summed E-state index contributed by atoms with van der Waals surface area (Å²) in [5.41, 5.74) is 2.27. The van der Waals surface area contributed by atoms with E-state index < -0.39 is 7.12 Å². The molecule has 0 spiro atoms. The third-order valence-corrected chi connectivity index (χ3v) is 5.53. The summed E-state index contributed by atoms with van der Waals surface area (Å²) >= 11 is 1.58. The molecule has 110 valence electrons. The molecule has 5 aromatic rings. The molecule has 3 aromatic carbocycles. The van der Waals surface area contributed by atoms with Crippen molar-refractivity contribution in [3.8, 4) is 0 Å². The van der Waals surface area contributed by atoms with Crippen LogP contribution >= 0.6 is 11.3 Å². The van der Waals surface area contributed by atoms with E-state index in [1.165, 1.54) is 0 Å². The fraction of sp³-hybridized carbons (Fsp3) is 0. The zero-order valence-corrected chi connectivity index (χ0v) is 12.8. The van der Waals surface area contributed by atoms with Gasteiger partial charge in [0.2, 0.25) is 0 Å². The minimum absolute atomic E-state index is 0.546. The van der Waals surface area contributed by atoms with Gasteiger partial charge >= 0.3 is 7.12 Å². The molecule has 0 aliphatic carbocycles. The molecule has 3 nitrogen and oxygen atoms in total. The van der Waals surface area contributed by atoms with Crippen LogP contribution < -0.4 is 5.46 Å². The quantitative estimate of drug-likeness (QED) is 0.464. The molecule has 23 heavy (non-hydrogen) atoms. The first kappa shape index (κ1) is 13.1. The second-order valence-corrected chi connectivity index (χ2v) is 6.66. The number of para-hydroxylation sites is 1. The topological polar surface area (TPSA) is 53.6 Å². The molecule has 0 saturated heterocycles. The van der Waals surface area contributed by atoms with Gasteiger partial charge in [0.05, 0.1) is 0 Å². The smallest absolute Gasteiger partial charge is 0.456 e. The molecule has 0 aliphatic heterocycles. The van der Waals surface area contributed by atoms with Gasteiger partial charge in [-0.1, -0.05) is 36.4 Å². The normalized spacial score (nSPS) is 11.9. The van der Waals surface area contributed by atoms with Gasteiger partial charge in [0.1, 0.15) is 11.2 Å². The van der Waals surface area contributed by atoms with Crippen LogP contribution in [-0.4, -0.2) is 17.2 Å². The molecule has 0 atom stereocenters. The molecule has 0 unspecified atom stereocenters. The first-order chi connectivity index (χ1) is 11.2. The Bertz CT molecular complexity index is 1200. The number of rotatable bonds is 1. The number of furan rings is 1. The van der Waals surface area contributed by atoms with Gasteiger partial charge in [0.15, 0.2) is 0 Å². The number of thiophene rings is 1. The van der Waals surface area contributed by atoms with E-state index in [9.17, 15) is 10.0 Å². The van der Waals surface area contributed by atoms with E-state index in [-0.39, 0.29) is 0 Å². The Hall–Kier alpha value is -2.34. The summed E-state index contributed by atoms with van der Waals surface area (Å²) in [6.45, 7) is 0. The lowest BCUT2D eigenvalue weighted by molar-refractivity contribution is 0.426. The van der Waals surface area contributed by atoms with Gasteiger partial charge in [-0.2, -0.15) is 0 Å². The molecular weight excluding hydrogens is 307 g/mol. The molecule has 0 fully saturated rings. The van der Waals surface area contributed by atoms with Gasteiger partial charge in [-0.25, -0.2) is 0 Å². The van der Waals surface area contributed by atoms with Crippen molar-refractivity contribution in [2.45, 2.75) is 0 Å². The van der Waals surface area contributed by atoms with Gasteiger partial charge in [0, 0.05) is 30.9 Å². The third-order valence-electron chi connectivity index (χ3n) is 4.31. The first-order valence-electron chi connectivity index (χ1n) is 7.35. The average molecular weight is 318 g/mol. The van der Waals surface area contributed by atoms with E-state index in [2.05, 4.69) is 6.07 Å². The van der Waals surface area contributed by atoms with Crippen LogP contribution in [0.4, 0.5) is 0 Å². The van der Waals surface area contributed by atoms with Crippen molar-refractivity contribution < 1.29 is 14.5 Å². The second-order valence-electron chi connectivity index (χ2n) is 5.61. The third kappa shape index (κ3) is 1.72. The van der Waals surface area contributed by atoms with Crippen LogP contribution in [0.1, 0.15) is 0 Å². The van der Waals surface area contributed by atoms with E-state index in [0.717, 1.165) is 42.1 Å². The van der Waals surface area contributed by atoms with Gasteiger partial charge in [-0.3, -0.25) is 0 Å². The van der Waals surface area contributed by atoms with Crippen LogP contribution in [-0.2, 0) is 0 Å². The van der Waals surface area contributed by atoms with Gasteiger partial charge in [-0.15, -0.1) is 11.3 Å². The Kier molecular flexibility index (Phi) is 2.62. The number of hydrogen-bond donors (Lipinski definition) is 2. The summed E-state index contributed by atoms with van der Waals surface area (Å²) in [5, 5.41) is 23.6. The largest absolute Gasteiger partial charge is 0.489 e. The van der Waals surface area contributed by atoms with E-state index >= 15 is 0 Å². The minimum atomic E-state index is -1.47. The highest BCUT2D eigenvalue weighted by Crippen LogP contribution is 2.41. The van der Waals surface area contributed by atoms with Crippen LogP contribution in [0.5, 0.6) is 0 Å². The molecular formula is C18H11BO3S. The highest BCUT2D eigenvalue weighted by atomic mass is 32.1. The van der Waals surface area contributed by atoms with Gasteiger partial charge < -0.3 is 14.5 Å². The highest BCUT2D eigenvalue weighted by molar-refractivity contribution is 7.27. The van der Waals surface area contributed by atoms with Crippen molar-refractivity contribution in [3.05, 3.63) is 54.6 Å². The molecule has 0 radical (unpaired) electrons. The Labute approximate surface area is 135 Å². The fourth-order valence-electron chi connectivity index (χ4n) is 3.33. The van der Waals surface area contributed by atoms with Crippen LogP contribution in [0.3, 0.4) is 0 Å². The lowest BCUT2D eigenvalue weighted by Crippen LogP contribution is -2.29. The average Bonchev–Trinajstić information content (AvgIpc) is 3.11. The molecule has 0 bridgehead atoms. The summed E-state index contributed by atoms with van der Waals surface area (Å²) in [4.78, 5) is 0. The maximum Gasteiger partial charge on any atom is 0.489 e. The van der Waals surface area contributed by atoms with E-state index in [0.29, 0.717) is 5.46 Å². The maximum absolute atomic E-state index is 9.64. The van der Waals surface area contributed by atoms with Crippen molar-refractivity contribution in [2.24, 2.45) is 0 Å². The lowest BCUT2D eigenvalue weighted by atomic mass is 9.79. The fourth-order valence-corrected chi connectivity index (χ4v) is 4.57. The molecule has 2 N–H and O–H groups in total. The molecule has 0 aliphatic rings. The Balaban J connectivity index is 2.08. The second kappa shape index (κ2) is 4.58. The standard InChI is InChI=1S/C18H11BO3S/c20-19(21)12-6-3-5-11-17-15(23-18(11)12)9-8-14-16(17)10-4-1-2-7-13(10)22-14/h1-9,20-21H. The summed E-state index contributed by atoms with van der Waals surface area (Å²) in [6, 6.07) is 17.7. The summed E-state index contributed by atoms with van der Waals surface area (Å²) < 4.78 is 7.99. The van der Waals surface area contributed by atoms with Crippen molar-refractivity contribution in [1.29, 1.82) is 0 Å². The minimum Gasteiger partial charge on any atom is -0.456 e. The molecule has 5 rings (SSSR count). The Morgan fingerprint density at radius 3 is 2.48 bits per heavy atom. The van der Waals surface area contributed by atoms with Crippen LogP contribution in [0, 0.1) is 0 Å². The summed E-state index contributed by atoms with van der Waals surface area (Å²) in [6.07, 6.45) is 0. The molecule has 5 heteroatoms. The zero-order valence-electron chi connectivity index (χ0n) is 12.0.